The molecule has 0 spiro atoms. The van der Waals surface area contributed by atoms with Gasteiger partial charge in [0.1, 0.15) is 0 Å². The summed E-state index contributed by atoms with van der Waals surface area (Å²) >= 11 is 0. The van der Waals surface area contributed by atoms with Gasteiger partial charge in [0.2, 0.25) is 0 Å². The van der Waals surface area contributed by atoms with Crippen molar-refractivity contribution in [3.8, 4) is 0 Å². The zero-order valence-corrected chi connectivity index (χ0v) is 28.1. The molecular weight excluding hydrogens is 554 g/mol. The van der Waals surface area contributed by atoms with Crippen LogP contribution in [0.5, 0.6) is 0 Å². The number of benzene rings is 5. The summed E-state index contributed by atoms with van der Waals surface area (Å²) in [6.45, 7) is 11.6. The van der Waals surface area contributed by atoms with Crippen molar-refractivity contribution in [1.82, 2.24) is 0 Å². The van der Waals surface area contributed by atoms with Gasteiger partial charge in [-0.25, -0.2) is 0 Å². The standard InChI is InChI=1S/C41H44P2/c1-29-23-30(2)26-36(25-29)42(37-27-31(3)24-32(4)28-37)33(5)38-20-14-21-39(38)40-19-12-13-22-41(40)43(34-15-8-6-9-16-34)35-17-10-7-11-18-35/h6-13,15-19,22-28,33,38-39H,14,20-21H2,1-5H3/t33-,38?,39?/m1/s1. The topological polar surface area (TPSA) is 0 Å². The molecule has 0 radical (unpaired) electrons. The van der Waals surface area contributed by atoms with Crippen molar-refractivity contribution < 1.29 is 0 Å². The average Bonchev–Trinajstić information content (AvgIpc) is 3.48. The van der Waals surface area contributed by atoms with Crippen LogP contribution in [0.4, 0.5) is 0 Å². The van der Waals surface area contributed by atoms with Gasteiger partial charge >= 0.3 is 0 Å². The first-order valence-corrected chi connectivity index (χ1v) is 18.6. The molecule has 0 bridgehead atoms. The highest BCUT2D eigenvalue weighted by molar-refractivity contribution is 7.80. The summed E-state index contributed by atoms with van der Waals surface area (Å²) in [5, 5.41) is 7.50. The van der Waals surface area contributed by atoms with Gasteiger partial charge in [-0.05, 0) is 106 Å². The third kappa shape index (κ3) is 6.58. The van der Waals surface area contributed by atoms with Crippen molar-refractivity contribution >= 4 is 42.4 Å². The van der Waals surface area contributed by atoms with Crippen LogP contribution >= 0.6 is 15.8 Å². The first-order chi connectivity index (χ1) is 20.9. The number of hydrogen-bond donors (Lipinski definition) is 0. The number of hydrogen-bond acceptors (Lipinski definition) is 0. The van der Waals surface area contributed by atoms with Gasteiger partial charge in [-0.3, -0.25) is 0 Å². The second-order valence-electron chi connectivity index (χ2n) is 12.6. The fourth-order valence-electron chi connectivity index (χ4n) is 7.53. The lowest BCUT2D eigenvalue weighted by Gasteiger charge is -2.35. The highest BCUT2D eigenvalue weighted by Gasteiger charge is 2.39. The summed E-state index contributed by atoms with van der Waals surface area (Å²) in [5.41, 5.74) is 7.68. The van der Waals surface area contributed by atoms with Gasteiger partial charge in [-0.1, -0.05) is 157 Å². The Labute approximate surface area is 262 Å². The third-order valence-corrected chi connectivity index (χ3v) is 14.5. The molecule has 1 saturated carbocycles. The predicted octanol–water partition coefficient (Wildman–Crippen LogP) is 9.08. The van der Waals surface area contributed by atoms with Crippen LogP contribution in [0, 0.1) is 33.6 Å². The summed E-state index contributed by atoms with van der Waals surface area (Å²) in [6.07, 6.45) is 3.90. The molecule has 0 heterocycles. The second-order valence-corrected chi connectivity index (χ2v) is 17.3. The van der Waals surface area contributed by atoms with Gasteiger partial charge in [0.15, 0.2) is 0 Å². The van der Waals surface area contributed by atoms with E-state index in [9.17, 15) is 0 Å². The molecule has 0 amide bonds. The molecule has 1 fully saturated rings. The minimum Gasteiger partial charge on any atom is -0.0622 e. The molecule has 0 aliphatic heterocycles. The molecule has 3 atom stereocenters. The average molecular weight is 599 g/mol. The van der Waals surface area contributed by atoms with Crippen LogP contribution in [0.25, 0.3) is 0 Å². The van der Waals surface area contributed by atoms with Crippen LogP contribution in [0.2, 0.25) is 0 Å². The Morgan fingerprint density at radius 2 is 1.00 bits per heavy atom. The lowest BCUT2D eigenvalue weighted by Crippen LogP contribution is -2.30. The number of rotatable bonds is 8. The van der Waals surface area contributed by atoms with E-state index in [1.165, 1.54) is 52.1 Å². The molecule has 2 heteroatoms. The van der Waals surface area contributed by atoms with E-state index in [1.54, 1.807) is 21.5 Å². The van der Waals surface area contributed by atoms with Crippen molar-refractivity contribution in [2.45, 2.75) is 65.5 Å². The summed E-state index contributed by atoms with van der Waals surface area (Å²) in [4.78, 5) is 0. The summed E-state index contributed by atoms with van der Waals surface area (Å²) in [7, 11) is -1.15. The smallest absolute Gasteiger partial charge is 0.0116 e. The van der Waals surface area contributed by atoms with Gasteiger partial charge in [0.25, 0.3) is 0 Å². The van der Waals surface area contributed by atoms with Crippen molar-refractivity contribution in [3.63, 3.8) is 0 Å². The zero-order chi connectivity index (χ0) is 29.9. The van der Waals surface area contributed by atoms with E-state index >= 15 is 0 Å². The van der Waals surface area contributed by atoms with Crippen molar-refractivity contribution in [1.29, 1.82) is 0 Å². The summed E-state index contributed by atoms with van der Waals surface area (Å²) < 4.78 is 0. The van der Waals surface area contributed by atoms with Crippen molar-refractivity contribution in [3.05, 3.63) is 149 Å². The zero-order valence-electron chi connectivity index (χ0n) is 26.3. The molecule has 5 aromatic rings. The summed E-state index contributed by atoms with van der Waals surface area (Å²) in [6, 6.07) is 46.5. The number of aryl methyl sites for hydroxylation is 4. The van der Waals surface area contributed by atoms with Crippen LogP contribution in [-0.4, -0.2) is 5.66 Å². The lowest BCUT2D eigenvalue weighted by molar-refractivity contribution is 0.480. The van der Waals surface area contributed by atoms with E-state index in [-0.39, 0.29) is 0 Å². The molecular formula is C41H44P2. The van der Waals surface area contributed by atoms with Crippen LogP contribution in [-0.2, 0) is 0 Å². The third-order valence-electron chi connectivity index (χ3n) is 9.17. The summed E-state index contributed by atoms with van der Waals surface area (Å²) in [5.74, 6) is 1.22. The van der Waals surface area contributed by atoms with E-state index in [1.807, 2.05) is 0 Å². The van der Waals surface area contributed by atoms with Gasteiger partial charge in [0.05, 0.1) is 0 Å². The van der Waals surface area contributed by atoms with E-state index in [0.29, 0.717) is 17.5 Å². The van der Waals surface area contributed by atoms with E-state index < -0.39 is 15.8 Å². The van der Waals surface area contributed by atoms with Crippen molar-refractivity contribution in [2.75, 3.05) is 0 Å². The van der Waals surface area contributed by atoms with Gasteiger partial charge < -0.3 is 0 Å². The Morgan fingerprint density at radius 1 is 0.535 bits per heavy atom. The SMILES string of the molecule is Cc1cc(C)cc(P(c2cc(C)cc(C)c2)[C@H](C)C2CCCC2c2ccccc2P(c2ccccc2)c2ccccc2)c1. The highest BCUT2D eigenvalue weighted by atomic mass is 31.1. The molecule has 1 aliphatic rings. The van der Waals surface area contributed by atoms with E-state index in [2.05, 4.69) is 156 Å². The fraction of sp³-hybridized carbons (Fsp3) is 0.268. The molecule has 5 aromatic carbocycles. The Kier molecular flexibility index (Phi) is 9.28. The molecule has 0 saturated heterocycles. The molecule has 1 aliphatic carbocycles. The minimum absolute atomic E-state index is 0.512. The molecule has 6 rings (SSSR count). The molecule has 218 valence electrons. The Morgan fingerprint density at radius 3 is 1.51 bits per heavy atom. The van der Waals surface area contributed by atoms with Crippen LogP contribution < -0.4 is 26.5 Å². The normalized spacial score (nSPS) is 17.5. The molecule has 0 nitrogen and oxygen atoms in total. The first kappa shape index (κ1) is 30.0. The quantitative estimate of drug-likeness (QED) is 0.156. The molecule has 0 aromatic heterocycles. The molecule has 43 heavy (non-hydrogen) atoms. The van der Waals surface area contributed by atoms with Crippen LogP contribution in [0.1, 0.15) is 59.9 Å². The maximum atomic E-state index is 2.59. The maximum Gasteiger partial charge on any atom is -0.0116 e. The van der Waals surface area contributed by atoms with E-state index in [4.69, 9.17) is 0 Å². The van der Waals surface area contributed by atoms with E-state index in [0.717, 1.165) is 0 Å². The fourth-order valence-corrected chi connectivity index (χ4v) is 13.4. The lowest BCUT2D eigenvalue weighted by atomic mass is 9.87. The first-order valence-electron chi connectivity index (χ1n) is 15.8. The van der Waals surface area contributed by atoms with Gasteiger partial charge in [0, 0.05) is 0 Å². The maximum absolute atomic E-state index is 2.59. The molecule has 2 unspecified atom stereocenters. The predicted molar refractivity (Wildman–Crippen MR) is 193 cm³/mol. The monoisotopic (exact) mass is 598 g/mol. The van der Waals surface area contributed by atoms with Crippen molar-refractivity contribution in [2.24, 2.45) is 5.92 Å². The van der Waals surface area contributed by atoms with Gasteiger partial charge in [-0.2, -0.15) is 0 Å². The Bertz CT molecular complexity index is 1540. The minimum atomic E-state index is -0.636. The molecule has 0 N–H and O–H groups in total. The van der Waals surface area contributed by atoms with Crippen LogP contribution in [0.3, 0.4) is 0 Å². The largest absolute Gasteiger partial charge is 0.0622 e. The highest BCUT2D eigenvalue weighted by Crippen LogP contribution is 2.53. The second kappa shape index (κ2) is 13.3. The van der Waals surface area contributed by atoms with Crippen LogP contribution in [0.15, 0.2) is 121 Å². The Hall–Kier alpha value is -3.04. The van der Waals surface area contributed by atoms with Gasteiger partial charge in [-0.15, -0.1) is 0 Å². The Balaban J connectivity index is 1.45.